The third kappa shape index (κ3) is 3.40. The molecule has 8 aromatic rings. The summed E-state index contributed by atoms with van der Waals surface area (Å²) in [7, 11) is 0. The summed E-state index contributed by atoms with van der Waals surface area (Å²) in [6.07, 6.45) is 0. The molecule has 0 saturated carbocycles. The van der Waals surface area contributed by atoms with Gasteiger partial charge in [0.05, 0.1) is 5.41 Å². The van der Waals surface area contributed by atoms with E-state index in [4.69, 9.17) is 4.74 Å². The van der Waals surface area contributed by atoms with Crippen molar-refractivity contribution in [2.75, 3.05) is 0 Å². The van der Waals surface area contributed by atoms with Gasteiger partial charge in [0, 0.05) is 10.9 Å². The number of hydrogen-bond donors (Lipinski definition) is 0. The molecule has 1 unspecified atom stereocenters. The van der Waals surface area contributed by atoms with E-state index >= 15 is 0 Å². The average molecular weight is 585 g/mol. The molecule has 1 atom stereocenters. The lowest BCUT2D eigenvalue weighted by Crippen LogP contribution is -2.28. The van der Waals surface area contributed by atoms with Crippen molar-refractivity contribution in [2.24, 2.45) is 0 Å². The predicted octanol–water partition coefficient (Wildman–Crippen LogP) is 11.8. The molecular formula is C45H28O. The molecule has 0 amide bonds. The van der Waals surface area contributed by atoms with Gasteiger partial charge >= 0.3 is 0 Å². The molecule has 0 spiro atoms. The van der Waals surface area contributed by atoms with Gasteiger partial charge in [-0.05, 0) is 84.4 Å². The van der Waals surface area contributed by atoms with Crippen molar-refractivity contribution >= 4 is 21.5 Å². The first-order chi connectivity index (χ1) is 22.8. The molecule has 10 rings (SSSR count). The van der Waals surface area contributed by atoms with Gasteiger partial charge in [-0.3, -0.25) is 0 Å². The molecule has 0 radical (unpaired) electrons. The van der Waals surface area contributed by atoms with Crippen LogP contribution in [0.15, 0.2) is 170 Å². The Kier molecular flexibility index (Phi) is 5.27. The smallest absolute Gasteiger partial charge is 0.135 e. The molecule has 0 N–H and O–H groups in total. The Morgan fingerprint density at radius 3 is 1.98 bits per heavy atom. The Morgan fingerprint density at radius 1 is 0.391 bits per heavy atom. The standard InChI is InChI=1S/C45H28O/c1-2-13-33(14-3-1)45(40-18-7-6-16-36(40)38-26-22-30-10-4-5-15-35(30)44(38)45)34-24-20-29(21-25-34)32-23-27-41-39(28-32)37-17-8-11-31-12-9-19-42(46-41)43(31)37/h1-28H. The second kappa shape index (κ2) is 9.54. The lowest BCUT2D eigenvalue weighted by Gasteiger charge is -2.34. The van der Waals surface area contributed by atoms with Crippen LogP contribution in [-0.2, 0) is 5.41 Å². The Balaban J connectivity index is 1.18. The summed E-state index contributed by atoms with van der Waals surface area (Å²) in [5.74, 6) is 1.83. The maximum Gasteiger partial charge on any atom is 0.135 e. The van der Waals surface area contributed by atoms with Gasteiger partial charge in [0.1, 0.15) is 11.5 Å². The summed E-state index contributed by atoms with van der Waals surface area (Å²) < 4.78 is 6.39. The van der Waals surface area contributed by atoms with Crippen molar-refractivity contribution in [1.29, 1.82) is 0 Å². The van der Waals surface area contributed by atoms with E-state index in [-0.39, 0.29) is 0 Å². The number of ether oxygens (including phenoxy) is 1. The first-order valence-corrected chi connectivity index (χ1v) is 15.9. The highest BCUT2D eigenvalue weighted by molar-refractivity contribution is 6.05. The summed E-state index contributed by atoms with van der Waals surface area (Å²) in [5, 5.41) is 4.94. The third-order valence-corrected chi connectivity index (χ3v) is 10.1. The molecule has 214 valence electrons. The van der Waals surface area contributed by atoms with Crippen LogP contribution in [0.1, 0.15) is 22.3 Å². The van der Waals surface area contributed by atoms with Crippen molar-refractivity contribution in [3.63, 3.8) is 0 Å². The first-order valence-electron chi connectivity index (χ1n) is 15.9. The van der Waals surface area contributed by atoms with Crippen LogP contribution < -0.4 is 4.74 Å². The summed E-state index contributed by atoms with van der Waals surface area (Å²) in [5.41, 5.74) is 12.1. The summed E-state index contributed by atoms with van der Waals surface area (Å²) in [6.45, 7) is 0. The first kappa shape index (κ1) is 25.4. The highest BCUT2D eigenvalue weighted by Gasteiger charge is 2.47. The molecule has 0 saturated heterocycles. The van der Waals surface area contributed by atoms with Crippen LogP contribution in [0.25, 0.3) is 54.9 Å². The Labute approximate surface area is 268 Å². The third-order valence-electron chi connectivity index (χ3n) is 10.1. The number of benzene rings is 8. The van der Waals surface area contributed by atoms with E-state index < -0.39 is 5.41 Å². The molecular weight excluding hydrogens is 556 g/mol. The topological polar surface area (TPSA) is 9.23 Å². The summed E-state index contributed by atoms with van der Waals surface area (Å²) in [6, 6.07) is 62.1. The van der Waals surface area contributed by atoms with Gasteiger partial charge in [0.15, 0.2) is 0 Å². The zero-order valence-corrected chi connectivity index (χ0v) is 25.1. The summed E-state index contributed by atoms with van der Waals surface area (Å²) >= 11 is 0. The molecule has 1 aliphatic heterocycles. The van der Waals surface area contributed by atoms with Crippen LogP contribution >= 0.6 is 0 Å². The van der Waals surface area contributed by atoms with Gasteiger partial charge in [-0.1, -0.05) is 152 Å². The molecule has 0 bridgehead atoms. The van der Waals surface area contributed by atoms with Gasteiger partial charge in [0.25, 0.3) is 0 Å². The molecule has 46 heavy (non-hydrogen) atoms. The lowest BCUT2D eigenvalue weighted by molar-refractivity contribution is 0.487. The van der Waals surface area contributed by atoms with Gasteiger partial charge in [-0.25, -0.2) is 0 Å². The van der Waals surface area contributed by atoms with E-state index in [1.165, 1.54) is 71.6 Å². The van der Waals surface area contributed by atoms with Crippen molar-refractivity contribution in [1.82, 2.24) is 0 Å². The van der Waals surface area contributed by atoms with Gasteiger partial charge in [-0.15, -0.1) is 0 Å². The molecule has 2 aliphatic rings. The summed E-state index contributed by atoms with van der Waals surface area (Å²) in [4.78, 5) is 0. The fourth-order valence-electron chi connectivity index (χ4n) is 8.19. The SMILES string of the molecule is c1ccc(C2(c3ccc(-c4ccc5c(c4)-c4cccc6cccc(c46)O5)cc3)c3ccccc3-c3ccc4ccccc4c32)cc1. The Hall–Kier alpha value is -5.92. The number of hydrogen-bond acceptors (Lipinski definition) is 1. The maximum atomic E-state index is 6.39. The lowest BCUT2D eigenvalue weighted by atomic mass is 9.66. The van der Waals surface area contributed by atoms with Gasteiger partial charge in [-0.2, -0.15) is 0 Å². The number of rotatable bonds is 3. The molecule has 1 heterocycles. The van der Waals surface area contributed by atoms with E-state index in [1.807, 2.05) is 0 Å². The Bertz CT molecular complexity index is 2480. The van der Waals surface area contributed by atoms with Crippen LogP contribution in [-0.4, -0.2) is 0 Å². The van der Waals surface area contributed by atoms with E-state index in [0.29, 0.717) is 0 Å². The average Bonchev–Trinajstić information content (AvgIpc) is 3.44. The van der Waals surface area contributed by atoms with Crippen LogP contribution in [0.2, 0.25) is 0 Å². The zero-order chi connectivity index (χ0) is 30.2. The molecule has 0 fully saturated rings. The van der Waals surface area contributed by atoms with Gasteiger partial charge in [0.2, 0.25) is 0 Å². The minimum Gasteiger partial charge on any atom is -0.456 e. The van der Waals surface area contributed by atoms with E-state index in [0.717, 1.165) is 17.1 Å². The minimum absolute atomic E-state index is 0.449. The van der Waals surface area contributed by atoms with E-state index in [9.17, 15) is 0 Å². The molecule has 1 heteroatoms. The fourth-order valence-corrected chi connectivity index (χ4v) is 8.19. The number of fused-ring (bicyclic) bond motifs is 7. The van der Waals surface area contributed by atoms with E-state index in [1.54, 1.807) is 0 Å². The van der Waals surface area contributed by atoms with Crippen LogP contribution in [0.5, 0.6) is 11.5 Å². The zero-order valence-electron chi connectivity index (χ0n) is 25.1. The van der Waals surface area contributed by atoms with Crippen molar-refractivity contribution in [2.45, 2.75) is 5.41 Å². The van der Waals surface area contributed by atoms with Crippen LogP contribution in [0.3, 0.4) is 0 Å². The van der Waals surface area contributed by atoms with Crippen molar-refractivity contribution < 1.29 is 4.74 Å². The monoisotopic (exact) mass is 584 g/mol. The second-order valence-corrected chi connectivity index (χ2v) is 12.4. The minimum atomic E-state index is -0.449. The van der Waals surface area contributed by atoms with Crippen molar-refractivity contribution in [3.8, 4) is 44.9 Å². The maximum absolute atomic E-state index is 6.39. The highest BCUT2D eigenvalue weighted by Crippen LogP contribution is 2.58. The Morgan fingerprint density at radius 2 is 1.09 bits per heavy atom. The van der Waals surface area contributed by atoms with Crippen LogP contribution in [0, 0.1) is 0 Å². The van der Waals surface area contributed by atoms with Crippen LogP contribution in [0.4, 0.5) is 0 Å². The highest BCUT2D eigenvalue weighted by atomic mass is 16.5. The molecule has 0 aromatic heterocycles. The largest absolute Gasteiger partial charge is 0.456 e. The predicted molar refractivity (Wildman–Crippen MR) is 190 cm³/mol. The van der Waals surface area contributed by atoms with Crippen molar-refractivity contribution in [3.05, 3.63) is 192 Å². The normalized spacial score (nSPS) is 15.7. The fraction of sp³-hybridized carbons (Fsp3) is 0.0222. The van der Waals surface area contributed by atoms with E-state index in [2.05, 4.69) is 170 Å². The molecule has 1 aliphatic carbocycles. The molecule has 1 nitrogen and oxygen atoms in total. The second-order valence-electron chi connectivity index (χ2n) is 12.4. The van der Waals surface area contributed by atoms with Gasteiger partial charge < -0.3 is 4.74 Å². The quantitative estimate of drug-likeness (QED) is 0.201. The molecule has 8 aromatic carbocycles.